The summed E-state index contributed by atoms with van der Waals surface area (Å²) < 4.78 is 11.0. The van der Waals surface area contributed by atoms with Gasteiger partial charge in [-0.15, -0.1) is 0 Å². The number of carbonyl (C=O) groups excluding carboxylic acids is 1. The van der Waals surface area contributed by atoms with Crippen LogP contribution in [0.4, 0.5) is 0 Å². The molecule has 132 valence electrons. The fourth-order valence-corrected chi connectivity index (χ4v) is 3.52. The molecule has 0 amide bonds. The summed E-state index contributed by atoms with van der Waals surface area (Å²) in [7, 11) is 0. The lowest BCUT2D eigenvalue weighted by atomic mass is 10.0. The Morgan fingerprint density at radius 1 is 1.20 bits per heavy atom. The van der Waals surface area contributed by atoms with Gasteiger partial charge in [-0.2, -0.15) is 0 Å². The van der Waals surface area contributed by atoms with Gasteiger partial charge in [0.25, 0.3) is 0 Å². The molecule has 0 spiro atoms. The van der Waals surface area contributed by atoms with Crippen LogP contribution in [0.2, 0.25) is 0 Å². The van der Waals surface area contributed by atoms with Crippen molar-refractivity contribution in [2.45, 2.75) is 40.5 Å². The maximum Gasteiger partial charge on any atom is 0.314 e. The molecule has 2 unspecified atom stereocenters. The number of rotatable bonds is 6. The minimum atomic E-state index is -0.121. The highest BCUT2D eigenvalue weighted by Crippen LogP contribution is 2.60. The topological polar surface area (TPSA) is 39.4 Å². The number of ether oxygens (including phenoxy) is 1. The third kappa shape index (κ3) is 4.04. The summed E-state index contributed by atoms with van der Waals surface area (Å²) in [5, 5.41) is 0. The molecule has 0 bridgehead atoms. The first-order valence-electron chi connectivity index (χ1n) is 8.82. The van der Waals surface area contributed by atoms with Gasteiger partial charge in [0.05, 0.1) is 18.4 Å². The van der Waals surface area contributed by atoms with Gasteiger partial charge in [-0.25, -0.2) is 0 Å². The zero-order chi connectivity index (χ0) is 18.0. The van der Waals surface area contributed by atoms with Crippen LogP contribution in [0.25, 0.3) is 0 Å². The van der Waals surface area contributed by atoms with E-state index in [-0.39, 0.29) is 17.3 Å². The van der Waals surface area contributed by atoms with Crippen LogP contribution in [0.3, 0.4) is 0 Å². The van der Waals surface area contributed by atoms with Gasteiger partial charge in [0.15, 0.2) is 0 Å². The second-order valence-electron chi connectivity index (χ2n) is 7.83. The van der Waals surface area contributed by atoms with Gasteiger partial charge >= 0.3 is 5.97 Å². The summed E-state index contributed by atoms with van der Waals surface area (Å²) in [5.41, 5.74) is 3.35. The molecule has 1 aromatic heterocycles. The SMILES string of the molecule is CC(C)=COC(=O)C1C(Cc2coc(Cc3ccccc3)c2)C1(C)C. The van der Waals surface area contributed by atoms with Crippen LogP contribution >= 0.6 is 0 Å². The van der Waals surface area contributed by atoms with E-state index in [9.17, 15) is 4.79 Å². The van der Waals surface area contributed by atoms with Crippen molar-refractivity contribution in [3.8, 4) is 0 Å². The maximum atomic E-state index is 12.3. The van der Waals surface area contributed by atoms with Crippen molar-refractivity contribution in [1.82, 2.24) is 0 Å². The quantitative estimate of drug-likeness (QED) is 0.540. The number of hydrogen-bond acceptors (Lipinski definition) is 3. The van der Waals surface area contributed by atoms with Crippen molar-refractivity contribution in [2.75, 3.05) is 0 Å². The standard InChI is InChI=1S/C22H26O3/c1-15(2)13-25-21(23)20-19(22(20,3)4)12-17-11-18(24-14-17)10-16-8-6-5-7-9-16/h5-9,11,13-14,19-20H,10,12H2,1-4H3. The van der Waals surface area contributed by atoms with Gasteiger partial charge in [-0.1, -0.05) is 44.2 Å². The van der Waals surface area contributed by atoms with Crippen molar-refractivity contribution in [3.05, 3.63) is 71.4 Å². The van der Waals surface area contributed by atoms with Crippen LogP contribution in [0.5, 0.6) is 0 Å². The van der Waals surface area contributed by atoms with Gasteiger partial charge in [0, 0.05) is 6.42 Å². The minimum Gasteiger partial charge on any atom is -0.469 e. The lowest BCUT2D eigenvalue weighted by molar-refractivity contribution is -0.140. The molecule has 3 nitrogen and oxygen atoms in total. The predicted molar refractivity (Wildman–Crippen MR) is 97.9 cm³/mol. The van der Waals surface area contributed by atoms with Gasteiger partial charge in [-0.3, -0.25) is 4.79 Å². The summed E-state index contributed by atoms with van der Waals surface area (Å²) in [6, 6.07) is 12.4. The van der Waals surface area contributed by atoms with E-state index in [0.29, 0.717) is 5.92 Å². The molecular formula is C22H26O3. The van der Waals surface area contributed by atoms with Crippen LogP contribution in [-0.4, -0.2) is 5.97 Å². The number of furan rings is 1. The largest absolute Gasteiger partial charge is 0.469 e. The van der Waals surface area contributed by atoms with E-state index in [2.05, 4.69) is 32.0 Å². The van der Waals surface area contributed by atoms with Gasteiger partial charge in [0.1, 0.15) is 5.76 Å². The minimum absolute atomic E-state index is 0.0244. The smallest absolute Gasteiger partial charge is 0.314 e. The van der Waals surface area contributed by atoms with Crippen LogP contribution < -0.4 is 0 Å². The Balaban J connectivity index is 1.61. The molecule has 1 aliphatic carbocycles. The molecule has 0 saturated heterocycles. The van der Waals surface area contributed by atoms with Gasteiger partial charge in [-0.05, 0) is 54.4 Å². The second-order valence-corrected chi connectivity index (χ2v) is 7.83. The number of hydrogen-bond donors (Lipinski definition) is 0. The lowest BCUT2D eigenvalue weighted by Crippen LogP contribution is -2.07. The lowest BCUT2D eigenvalue weighted by Gasteiger charge is -2.01. The summed E-state index contributed by atoms with van der Waals surface area (Å²) in [5.74, 6) is 1.09. The van der Waals surface area contributed by atoms with E-state index >= 15 is 0 Å². The molecular weight excluding hydrogens is 312 g/mol. The molecule has 0 radical (unpaired) electrons. The Kier molecular flexibility index (Phi) is 4.85. The van der Waals surface area contributed by atoms with Crippen LogP contribution in [0.15, 0.2) is 58.9 Å². The first-order valence-corrected chi connectivity index (χ1v) is 8.82. The average molecular weight is 338 g/mol. The third-order valence-corrected chi connectivity index (χ3v) is 5.10. The highest BCUT2D eigenvalue weighted by Gasteiger charge is 2.62. The molecule has 0 aliphatic heterocycles. The number of allylic oxidation sites excluding steroid dienone is 1. The molecule has 1 heterocycles. The van der Waals surface area contributed by atoms with Crippen molar-refractivity contribution in [2.24, 2.45) is 17.3 Å². The van der Waals surface area contributed by atoms with E-state index < -0.39 is 0 Å². The molecule has 2 atom stereocenters. The summed E-state index contributed by atoms with van der Waals surface area (Å²) in [4.78, 5) is 12.3. The Morgan fingerprint density at radius 3 is 2.60 bits per heavy atom. The van der Waals surface area contributed by atoms with Crippen molar-refractivity contribution in [1.29, 1.82) is 0 Å². The van der Waals surface area contributed by atoms with E-state index in [1.54, 1.807) is 6.26 Å². The predicted octanol–water partition coefficient (Wildman–Crippen LogP) is 5.15. The summed E-state index contributed by atoms with van der Waals surface area (Å²) in [6.07, 6.45) is 5.01. The highest BCUT2D eigenvalue weighted by molar-refractivity contribution is 5.78. The van der Waals surface area contributed by atoms with Crippen LogP contribution in [0, 0.1) is 17.3 Å². The summed E-state index contributed by atoms with van der Waals surface area (Å²) >= 11 is 0. The fraction of sp³-hybridized carbons (Fsp3) is 0.409. The molecule has 1 aliphatic rings. The van der Waals surface area contributed by atoms with Gasteiger partial charge in [0.2, 0.25) is 0 Å². The Labute approximate surface area is 149 Å². The number of benzene rings is 1. The Morgan fingerprint density at radius 2 is 1.92 bits per heavy atom. The second kappa shape index (κ2) is 6.91. The molecule has 3 rings (SSSR count). The summed E-state index contributed by atoms with van der Waals surface area (Å²) in [6.45, 7) is 8.11. The third-order valence-electron chi connectivity index (χ3n) is 5.10. The fourth-order valence-electron chi connectivity index (χ4n) is 3.52. The molecule has 2 aromatic rings. The van der Waals surface area contributed by atoms with Crippen molar-refractivity contribution in [3.63, 3.8) is 0 Å². The Hall–Kier alpha value is -2.29. The number of carbonyl (C=O) groups is 1. The van der Waals surface area contributed by atoms with E-state index in [1.807, 2.05) is 38.3 Å². The van der Waals surface area contributed by atoms with Crippen LogP contribution in [-0.2, 0) is 22.4 Å². The first-order chi connectivity index (χ1) is 11.9. The van der Waals surface area contributed by atoms with Crippen molar-refractivity contribution >= 4 is 5.97 Å². The number of esters is 1. The van der Waals surface area contributed by atoms with E-state index in [1.165, 1.54) is 5.56 Å². The molecule has 1 saturated carbocycles. The zero-order valence-corrected chi connectivity index (χ0v) is 15.4. The first kappa shape index (κ1) is 17.5. The average Bonchev–Trinajstić information content (AvgIpc) is 2.90. The molecule has 25 heavy (non-hydrogen) atoms. The monoisotopic (exact) mass is 338 g/mol. The zero-order valence-electron chi connectivity index (χ0n) is 15.4. The Bertz CT molecular complexity index is 764. The van der Waals surface area contributed by atoms with Gasteiger partial charge < -0.3 is 9.15 Å². The van der Waals surface area contributed by atoms with Crippen molar-refractivity contribution < 1.29 is 13.9 Å². The highest BCUT2D eigenvalue weighted by atomic mass is 16.5. The molecule has 3 heteroatoms. The van der Waals surface area contributed by atoms with E-state index in [0.717, 1.165) is 29.7 Å². The van der Waals surface area contributed by atoms with Crippen LogP contribution in [0.1, 0.15) is 44.6 Å². The normalized spacial score (nSPS) is 20.8. The molecule has 0 N–H and O–H groups in total. The molecule has 1 fully saturated rings. The molecule has 1 aromatic carbocycles. The maximum absolute atomic E-state index is 12.3. The van der Waals surface area contributed by atoms with E-state index in [4.69, 9.17) is 9.15 Å².